The third kappa shape index (κ3) is 2.44. The number of carboxylic acid groups (broad SMARTS) is 1. The fraction of sp³-hybridized carbons (Fsp3) is 0.300. The minimum atomic E-state index is -4.57. The molecule has 0 radical (unpaired) electrons. The summed E-state index contributed by atoms with van der Waals surface area (Å²) < 4.78 is 37.4. The van der Waals surface area contributed by atoms with E-state index in [2.05, 4.69) is 0 Å². The van der Waals surface area contributed by atoms with Gasteiger partial charge in [-0.3, -0.25) is 4.79 Å². The molecule has 1 atom stereocenters. The predicted octanol–water partition coefficient (Wildman–Crippen LogP) is 2.48. The van der Waals surface area contributed by atoms with E-state index in [9.17, 15) is 18.0 Å². The van der Waals surface area contributed by atoms with E-state index in [1.807, 2.05) is 0 Å². The number of hydrogen-bond donors (Lipinski definition) is 2. The molecule has 1 aromatic rings. The Bertz CT molecular complexity index is 415. The van der Waals surface area contributed by atoms with Crippen molar-refractivity contribution in [2.45, 2.75) is 19.0 Å². The molecule has 1 rings (SSSR count). The Morgan fingerprint density at radius 2 is 2.00 bits per heavy atom. The van der Waals surface area contributed by atoms with Crippen LogP contribution >= 0.6 is 0 Å². The van der Waals surface area contributed by atoms with E-state index < -0.39 is 29.3 Å². The SMILES string of the molecule is CC(C(=O)O)c1ccc(N)c(C(F)(F)F)c1. The smallest absolute Gasteiger partial charge is 0.418 e. The van der Waals surface area contributed by atoms with Gasteiger partial charge in [-0.05, 0) is 24.6 Å². The molecule has 0 saturated carbocycles. The molecule has 0 aliphatic heterocycles. The molecule has 16 heavy (non-hydrogen) atoms. The van der Waals surface area contributed by atoms with Gasteiger partial charge in [-0.2, -0.15) is 13.2 Å². The van der Waals surface area contributed by atoms with E-state index in [4.69, 9.17) is 10.8 Å². The average Bonchev–Trinajstić information content (AvgIpc) is 2.15. The Morgan fingerprint density at radius 1 is 1.44 bits per heavy atom. The van der Waals surface area contributed by atoms with Crippen LogP contribution in [0.3, 0.4) is 0 Å². The van der Waals surface area contributed by atoms with Gasteiger partial charge in [-0.15, -0.1) is 0 Å². The van der Waals surface area contributed by atoms with Gasteiger partial charge >= 0.3 is 12.1 Å². The lowest BCUT2D eigenvalue weighted by molar-refractivity contribution is -0.139. The molecule has 6 heteroatoms. The highest BCUT2D eigenvalue weighted by molar-refractivity contribution is 5.76. The lowest BCUT2D eigenvalue weighted by Crippen LogP contribution is -2.12. The van der Waals surface area contributed by atoms with Gasteiger partial charge in [0, 0.05) is 5.69 Å². The molecule has 0 bridgehead atoms. The van der Waals surface area contributed by atoms with Crippen LogP contribution in [0.1, 0.15) is 24.0 Å². The summed E-state index contributed by atoms with van der Waals surface area (Å²) in [7, 11) is 0. The second kappa shape index (κ2) is 4.03. The van der Waals surface area contributed by atoms with E-state index in [1.165, 1.54) is 13.0 Å². The van der Waals surface area contributed by atoms with Gasteiger partial charge in [-0.1, -0.05) is 6.07 Å². The van der Waals surface area contributed by atoms with Crippen LogP contribution < -0.4 is 5.73 Å². The van der Waals surface area contributed by atoms with E-state index in [0.29, 0.717) is 0 Å². The van der Waals surface area contributed by atoms with Crippen LogP contribution in [0.2, 0.25) is 0 Å². The number of carbonyl (C=O) groups is 1. The standard InChI is InChI=1S/C10H10F3NO2/c1-5(9(15)16)6-2-3-8(14)7(4-6)10(11,12)13/h2-5H,14H2,1H3,(H,15,16). The van der Waals surface area contributed by atoms with Crippen molar-refractivity contribution in [1.82, 2.24) is 0 Å². The second-order valence-electron chi connectivity index (χ2n) is 3.40. The number of hydrogen-bond acceptors (Lipinski definition) is 2. The first kappa shape index (κ1) is 12.4. The van der Waals surface area contributed by atoms with Crippen molar-refractivity contribution in [1.29, 1.82) is 0 Å². The van der Waals surface area contributed by atoms with Crippen molar-refractivity contribution >= 4 is 11.7 Å². The Kier molecular flexibility index (Phi) is 3.11. The van der Waals surface area contributed by atoms with Crippen molar-refractivity contribution in [2.75, 3.05) is 5.73 Å². The van der Waals surface area contributed by atoms with Crippen molar-refractivity contribution in [3.8, 4) is 0 Å². The molecule has 88 valence electrons. The molecule has 0 saturated heterocycles. The summed E-state index contributed by atoms with van der Waals surface area (Å²) >= 11 is 0. The van der Waals surface area contributed by atoms with Crippen molar-refractivity contribution in [3.05, 3.63) is 29.3 Å². The number of rotatable bonds is 2. The number of alkyl halides is 3. The molecule has 3 N–H and O–H groups in total. The molecule has 3 nitrogen and oxygen atoms in total. The summed E-state index contributed by atoms with van der Waals surface area (Å²) in [5, 5.41) is 8.69. The largest absolute Gasteiger partial charge is 0.481 e. The Hall–Kier alpha value is -1.72. The van der Waals surface area contributed by atoms with Crippen LogP contribution in [0.15, 0.2) is 18.2 Å². The minimum Gasteiger partial charge on any atom is -0.481 e. The first-order valence-electron chi connectivity index (χ1n) is 4.43. The van der Waals surface area contributed by atoms with Gasteiger partial charge in [0.2, 0.25) is 0 Å². The van der Waals surface area contributed by atoms with Crippen LogP contribution in [0.5, 0.6) is 0 Å². The summed E-state index contributed by atoms with van der Waals surface area (Å²) in [6, 6.07) is 3.12. The number of nitrogen functional groups attached to an aromatic ring is 1. The normalized spacial score (nSPS) is 13.5. The first-order chi connectivity index (χ1) is 7.23. The van der Waals surface area contributed by atoms with E-state index in [-0.39, 0.29) is 5.56 Å². The van der Waals surface area contributed by atoms with Crippen molar-refractivity contribution in [2.24, 2.45) is 0 Å². The average molecular weight is 233 g/mol. The van der Waals surface area contributed by atoms with Crippen LogP contribution in [-0.2, 0) is 11.0 Å². The third-order valence-corrected chi connectivity index (χ3v) is 2.25. The third-order valence-electron chi connectivity index (χ3n) is 2.25. The zero-order valence-electron chi connectivity index (χ0n) is 8.38. The second-order valence-corrected chi connectivity index (χ2v) is 3.40. The molecule has 0 aliphatic carbocycles. The van der Waals surface area contributed by atoms with Gasteiger partial charge in [0.25, 0.3) is 0 Å². The molecular weight excluding hydrogens is 223 g/mol. The van der Waals surface area contributed by atoms with Gasteiger partial charge in [0.05, 0.1) is 11.5 Å². The number of nitrogens with two attached hydrogens (primary N) is 1. The summed E-state index contributed by atoms with van der Waals surface area (Å²) in [6.07, 6.45) is -4.57. The Balaban J connectivity index is 3.23. The molecular formula is C10H10F3NO2. The topological polar surface area (TPSA) is 63.3 Å². The number of halogens is 3. The van der Waals surface area contributed by atoms with Crippen molar-refractivity contribution < 1.29 is 23.1 Å². The van der Waals surface area contributed by atoms with Crippen LogP contribution in [0.4, 0.5) is 18.9 Å². The molecule has 1 unspecified atom stereocenters. The summed E-state index contributed by atoms with van der Waals surface area (Å²) in [5.41, 5.74) is 3.85. The fourth-order valence-electron chi connectivity index (χ4n) is 1.23. The molecule has 0 aromatic heterocycles. The van der Waals surface area contributed by atoms with E-state index in [0.717, 1.165) is 12.1 Å². The lowest BCUT2D eigenvalue weighted by atomic mass is 9.98. The Morgan fingerprint density at radius 3 is 2.44 bits per heavy atom. The van der Waals surface area contributed by atoms with Gasteiger partial charge in [-0.25, -0.2) is 0 Å². The zero-order chi connectivity index (χ0) is 12.5. The fourth-order valence-corrected chi connectivity index (χ4v) is 1.23. The van der Waals surface area contributed by atoms with Crippen LogP contribution in [0, 0.1) is 0 Å². The van der Waals surface area contributed by atoms with E-state index >= 15 is 0 Å². The summed E-state index contributed by atoms with van der Waals surface area (Å²) in [5.74, 6) is -2.18. The highest BCUT2D eigenvalue weighted by atomic mass is 19.4. The van der Waals surface area contributed by atoms with E-state index in [1.54, 1.807) is 0 Å². The molecule has 0 aliphatic rings. The summed E-state index contributed by atoms with van der Waals surface area (Å²) in [4.78, 5) is 10.6. The molecule has 0 heterocycles. The predicted molar refractivity (Wildman–Crippen MR) is 51.9 cm³/mol. The molecule has 0 amide bonds. The highest BCUT2D eigenvalue weighted by Crippen LogP contribution is 2.35. The van der Waals surface area contributed by atoms with Gasteiger partial charge in [0.1, 0.15) is 0 Å². The maximum atomic E-state index is 12.5. The number of anilines is 1. The molecule has 1 aromatic carbocycles. The highest BCUT2D eigenvalue weighted by Gasteiger charge is 2.33. The maximum absolute atomic E-state index is 12.5. The lowest BCUT2D eigenvalue weighted by Gasteiger charge is -2.13. The van der Waals surface area contributed by atoms with Gasteiger partial charge < -0.3 is 10.8 Å². The zero-order valence-corrected chi connectivity index (χ0v) is 8.38. The van der Waals surface area contributed by atoms with Crippen LogP contribution in [-0.4, -0.2) is 11.1 Å². The van der Waals surface area contributed by atoms with Gasteiger partial charge in [0.15, 0.2) is 0 Å². The maximum Gasteiger partial charge on any atom is 0.418 e. The molecule has 0 fully saturated rings. The first-order valence-corrected chi connectivity index (χ1v) is 4.43. The molecule has 0 spiro atoms. The Labute approximate surface area is 89.7 Å². The summed E-state index contributed by atoms with van der Waals surface area (Å²) in [6.45, 7) is 1.31. The number of benzene rings is 1. The monoisotopic (exact) mass is 233 g/mol. The number of aliphatic carboxylic acids is 1. The van der Waals surface area contributed by atoms with Crippen LogP contribution in [0.25, 0.3) is 0 Å². The number of carboxylic acids is 1. The minimum absolute atomic E-state index is 0.0778. The quantitative estimate of drug-likeness (QED) is 0.771. The van der Waals surface area contributed by atoms with Crippen molar-refractivity contribution in [3.63, 3.8) is 0 Å².